The third-order valence-electron chi connectivity index (χ3n) is 6.35. The van der Waals surface area contributed by atoms with Gasteiger partial charge in [0.25, 0.3) is 5.78 Å². The molecule has 1 fully saturated rings. The fourth-order valence-corrected chi connectivity index (χ4v) is 5.83. The summed E-state index contributed by atoms with van der Waals surface area (Å²) >= 11 is 7.59. The van der Waals surface area contributed by atoms with Crippen LogP contribution in [0.25, 0.3) is 26.7 Å². The van der Waals surface area contributed by atoms with Crippen molar-refractivity contribution in [1.29, 1.82) is 0 Å². The monoisotopic (exact) mass is 511 g/mol. The second kappa shape index (κ2) is 8.55. The van der Waals surface area contributed by atoms with Crippen molar-refractivity contribution in [1.82, 2.24) is 9.97 Å². The SMILES string of the molecule is Cc1cc2sc(N3C(=O)C(=O)/C(=C(/O)c4cccc5ccccc45)C3c3cccnc3)nc2cc1Cl. The van der Waals surface area contributed by atoms with Crippen LogP contribution in [-0.4, -0.2) is 26.8 Å². The Morgan fingerprint density at radius 3 is 2.67 bits per heavy atom. The van der Waals surface area contributed by atoms with E-state index < -0.39 is 17.7 Å². The fraction of sp³-hybridized carbons (Fsp3) is 0.0714. The third-order valence-corrected chi connectivity index (χ3v) is 7.78. The molecule has 1 atom stereocenters. The maximum atomic E-state index is 13.5. The van der Waals surface area contributed by atoms with E-state index in [0.29, 0.717) is 26.8 Å². The summed E-state index contributed by atoms with van der Waals surface area (Å²) in [5.41, 5.74) is 2.59. The number of hydrogen-bond donors (Lipinski definition) is 1. The standard InChI is InChI=1S/C28H18ClN3O3S/c1-15-12-22-21(13-20(15)29)31-28(36-22)32-24(17-8-5-11-30-14-17)23(26(34)27(32)35)25(33)19-10-4-7-16-6-2-3-9-18(16)19/h2-14,24,33H,1H3/b25-23+. The summed E-state index contributed by atoms with van der Waals surface area (Å²) in [6, 6.07) is 19.3. The molecule has 36 heavy (non-hydrogen) atoms. The Balaban J connectivity index is 1.60. The van der Waals surface area contributed by atoms with Crippen molar-refractivity contribution in [2.45, 2.75) is 13.0 Å². The van der Waals surface area contributed by atoms with Gasteiger partial charge >= 0.3 is 5.91 Å². The first-order valence-corrected chi connectivity index (χ1v) is 12.4. The van der Waals surface area contributed by atoms with Crippen LogP contribution < -0.4 is 4.90 Å². The van der Waals surface area contributed by atoms with Crippen LogP contribution in [-0.2, 0) is 9.59 Å². The Hall–Kier alpha value is -4.07. The quantitative estimate of drug-likeness (QED) is 0.171. The van der Waals surface area contributed by atoms with Gasteiger partial charge < -0.3 is 5.11 Å². The molecule has 0 saturated carbocycles. The molecule has 3 heterocycles. The zero-order valence-electron chi connectivity index (χ0n) is 19.0. The molecule has 1 amide bonds. The topological polar surface area (TPSA) is 83.4 Å². The molecule has 0 aliphatic carbocycles. The number of aromatic nitrogens is 2. The van der Waals surface area contributed by atoms with Crippen LogP contribution in [0.2, 0.25) is 5.02 Å². The number of anilines is 1. The predicted molar refractivity (Wildman–Crippen MR) is 142 cm³/mol. The number of pyridine rings is 1. The van der Waals surface area contributed by atoms with Gasteiger partial charge in [-0.3, -0.25) is 19.5 Å². The summed E-state index contributed by atoms with van der Waals surface area (Å²) < 4.78 is 0.841. The lowest BCUT2D eigenvalue weighted by Gasteiger charge is -2.22. The number of aliphatic hydroxyl groups is 1. The van der Waals surface area contributed by atoms with Crippen molar-refractivity contribution in [3.8, 4) is 0 Å². The maximum Gasteiger partial charge on any atom is 0.301 e. The molecule has 5 aromatic rings. The number of amides is 1. The highest BCUT2D eigenvalue weighted by atomic mass is 35.5. The smallest absolute Gasteiger partial charge is 0.301 e. The number of aliphatic hydroxyl groups excluding tert-OH is 1. The second-order valence-electron chi connectivity index (χ2n) is 8.55. The van der Waals surface area contributed by atoms with Gasteiger partial charge in [-0.1, -0.05) is 71.5 Å². The highest BCUT2D eigenvalue weighted by Gasteiger charge is 2.48. The highest BCUT2D eigenvalue weighted by molar-refractivity contribution is 7.22. The van der Waals surface area contributed by atoms with Crippen LogP contribution in [0, 0.1) is 6.92 Å². The first-order valence-electron chi connectivity index (χ1n) is 11.2. The summed E-state index contributed by atoms with van der Waals surface area (Å²) in [5, 5.41) is 14.1. The molecule has 176 valence electrons. The number of rotatable bonds is 3. The highest BCUT2D eigenvalue weighted by Crippen LogP contribution is 2.45. The van der Waals surface area contributed by atoms with Gasteiger partial charge in [-0.05, 0) is 47.0 Å². The number of carbonyl (C=O) groups is 2. The fourth-order valence-electron chi connectivity index (χ4n) is 4.60. The molecule has 1 aliphatic rings. The van der Waals surface area contributed by atoms with Gasteiger partial charge in [-0.25, -0.2) is 4.98 Å². The van der Waals surface area contributed by atoms with E-state index in [2.05, 4.69) is 9.97 Å². The number of hydrogen-bond acceptors (Lipinski definition) is 6. The van der Waals surface area contributed by atoms with Crippen molar-refractivity contribution < 1.29 is 14.7 Å². The van der Waals surface area contributed by atoms with E-state index in [9.17, 15) is 14.7 Å². The van der Waals surface area contributed by atoms with Crippen LogP contribution >= 0.6 is 22.9 Å². The molecule has 1 unspecified atom stereocenters. The van der Waals surface area contributed by atoms with Crippen molar-refractivity contribution in [3.05, 3.63) is 106 Å². The Kier molecular flexibility index (Phi) is 5.32. The largest absolute Gasteiger partial charge is 0.507 e. The molecule has 8 heteroatoms. The first kappa shape index (κ1) is 22.4. The summed E-state index contributed by atoms with van der Waals surface area (Å²) in [7, 11) is 0. The van der Waals surface area contributed by atoms with E-state index in [0.717, 1.165) is 21.0 Å². The minimum atomic E-state index is -0.894. The van der Waals surface area contributed by atoms with Crippen LogP contribution in [0.1, 0.15) is 22.7 Å². The molecule has 6 rings (SSSR count). The summed E-state index contributed by atoms with van der Waals surface area (Å²) in [5.74, 6) is -1.77. The molecule has 0 radical (unpaired) electrons. The average Bonchev–Trinajstić information content (AvgIpc) is 3.41. The molecular formula is C28H18ClN3O3S. The number of halogens is 1. The van der Waals surface area contributed by atoms with Crippen LogP contribution in [0.4, 0.5) is 5.13 Å². The summed E-state index contributed by atoms with van der Waals surface area (Å²) in [6.45, 7) is 1.90. The zero-order chi connectivity index (χ0) is 25.0. The number of fused-ring (bicyclic) bond motifs is 2. The molecule has 3 aromatic carbocycles. The van der Waals surface area contributed by atoms with Gasteiger partial charge in [0.15, 0.2) is 5.13 Å². The maximum absolute atomic E-state index is 13.5. The minimum Gasteiger partial charge on any atom is -0.507 e. The van der Waals surface area contributed by atoms with Crippen molar-refractivity contribution >= 4 is 66.5 Å². The molecule has 0 spiro atoms. The molecular weight excluding hydrogens is 494 g/mol. The molecule has 2 aromatic heterocycles. The van der Waals surface area contributed by atoms with Crippen molar-refractivity contribution in [3.63, 3.8) is 0 Å². The lowest BCUT2D eigenvalue weighted by molar-refractivity contribution is -0.132. The van der Waals surface area contributed by atoms with E-state index in [1.165, 1.54) is 16.2 Å². The molecule has 1 aliphatic heterocycles. The van der Waals surface area contributed by atoms with Crippen LogP contribution in [0.3, 0.4) is 0 Å². The number of nitrogens with zero attached hydrogens (tertiary/aromatic N) is 3. The molecule has 0 bridgehead atoms. The van der Waals surface area contributed by atoms with Gasteiger partial charge in [-0.2, -0.15) is 0 Å². The number of aryl methyl sites for hydroxylation is 1. The number of Topliss-reactive ketones (excluding diaryl/α,β-unsaturated/α-hetero) is 1. The molecule has 1 N–H and O–H groups in total. The Morgan fingerprint density at radius 2 is 1.86 bits per heavy atom. The lowest BCUT2D eigenvalue weighted by Crippen LogP contribution is -2.29. The minimum absolute atomic E-state index is 0.00202. The molecule has 1 saturated heterocycles. The summed E-state index contributed by atoms with van der Waals surface area (Å²) in [4.78, 5) is 37.1. The Bertz CT molecular complexity index is 1680. The van der Waals surface area contributed by atoms with E-state index >= 15 is 0 Å². The van der Waals surface area contributed by atoms with E-state index in [-0.39, 0.29) is 11.3 Å². The molecule has 6 nitrogen and oxygen atoms in total. The average molecular weight is 512 g/mol. The van der Waals surface area contributed by atoms with Crippen molar-refractivity contribution in [2.24, 2.45) is 0 Å². The van der Waals surface area contributed by atoms with E-state index in [4.69, 9.17) is 11.6 Å². The number of ketones is 1. The van der Waals surface area contributed by atoms with Gasteiger partial charge in [0, 0.05) is 23.0 Å². The first-order chi connectivity index (χ1) is 17.4. The summed E-state index contributed by atoms with van der Waals surface area (Å²) in [6.07, 6.45) is 3.21. The van der Waals surface area contributed by atoms with Gasteiger partial charge in [0.1, 0.15) is 5.76 Å². The van der Waals surface area contributed by atoms with Crippen molar-refractivity contribution in [2.75, 3.05) is 4.90 Å². The van der Waals surface area contributed by atoms with E-state index in [1.54, 1.807) is 36.7 Å². The normalized spacial score (nSPS) is 17.4. The Labute approximate surface area is 215 Å². The van der Waals surface area contributed by atoms with Gasteiger partial charge in [-0.15, -0.1) is 0 Å². The van der Waals surface area contributed by atoms with Gasteiger partial charge in [0.2, 0.25) is 0 Å². The number of thiazole rings is 1. The van der Waals surface area contributed by atoms with E-state index in [1.807, 2.05) is 49.4 Å². The van der Waals surface area contributed by atoms with Gasteiger partial charge in [0.05, 0.1) is 21.8 Å². The third kappa shape index (κ3) is 3.47. The number of benzene rings is 3. The van der Waals surface area contributed by atoms with Crippen LogP contribution in [0.5, 0.6) is 0 Å². The van der Waals surface area contributed by atoms with Crippen LogP contribution in [0.15, 0.2) is 84.7 Å². The second-order valence-corrected chi connectivity index (χ2v) is 9.96. The zero-order valence-corrected chi connectivity index (χ0v) is 20.5. The number of carbonyl (C=O) groups excluding carboxylic acids is 2. The Morgan fingerprint density at radius 1 is 1.06 bits per heavy atom. The predicted octanol–water partition coefficient (Wildman–Crippen LogP) is 6.43. The lowest BCUT2D eigenvalue weighted by atomic mass is 9.94.